The average molecular weight is 324 g/mol. The minimum absolute atomic E-state index is 0.367. The van der Waals surface area contributed by atoms with E-state index < -0.39 is 0 Å². The summed E-state index contributed by atoms with van der Waals surface area (Å²) in [5.41, 5.74) is 2.41. The Kier molecular flexibility index (Phi) is 10.5. The van der Waals surface area contributed by atoms with Crippen LogP contribution in [0.5, 0.6) is 5.75 Å². The lowest BCUT2D eigenvalue weighted by Gasteiger charge is -2.06. The number of anilines is 1. The Hall–Kier alpha value is -1.41. The lowest BCUT2D eigenvalue weighted by Crippen LogP contribution is -2.08. The first-order valence-corrected chi connectivity index (χ1v) is 8.80. The molecular weight excluding hydrogens is 294 g/mol. The summed E-state index contributed by atoms with van der Waals surface area (Å²) in [7, 11) is 0. The maximum atomic E-state index is 9.88. The number of hydrogen-bond donors (Lipinski definition) is 2. The van der Waals surface area contributed by atoms with Crippen LogP contribution < -0.4 is 5.32 Å². The van der Waals surface area contributed by atoms with Gasteiger partial charge in [-0.1, -0.05) is 58.4 Å². The van der Waals surface area contributed by atoms with Crippen LogP contribution in [-0.4, -0.2) is 17.5 Å². The average Bonchev–Trinajstić information content (AvgIpc) is 2.93. The van der Waals surface area contributed by atoms with Crippen LogP contribution in [0.4, 0.5) is 5.69 Å². The quantitative estimate of drug-likeness (QED) is 0.566. The van der Waals surface area contributed by atoms with Gasteiger partial charge in [0.2, 0.25) is 0 Å². The third kappa shape index (κ3) is 5.10. The fourth-order valence-corrected chi connectivity index (χ4v) is 2.39. The van der Waals surface area contributed by atoms with Gasteiger partial charge in [0.05, 0.1) is 0 Å². The lowest BCUT2D eigenvalue weighted by atomic mass is 10.0. The second-order valence-electron chi connectivity index (χ2n) is 4.92. The molecule has 0 fully saturated rings. The molecule has 0 saturated carbocycles. The highest BCUT2D eigenvalue weighted by molar-refractivity contribution is 6.15. The number of halogens is 1. The van der Waals surface area contributed by atoms with Gasteiger partial charge in [0.1, 0.15) is 5.75 Å². The van der Waals surface area contributed by atoms with Crippen LogP contribution in [0.3, 0.4) is 0 Å². The minimum Gasteiger partial charge on any atom is -0.507 e. The molecule has 1 unspecified atom stereocenters. The third-order valence-electron chi connectivity index (χ3n) is 3.05. The molecule has 2 aromatic rings. The number of fused-ring (bicyclic) bond motifs is 3. The van der Waals surface area contributed by atoms with Gasteiger partial charge in [-0.05, 0) is 24.3 Å². The van der Waals surface area contributed by atoms with Gasteiger partial charge < -0.3 is 10.4 Å². The van der Waals surface area contributed by atoms with Crippen LogP contribution in [-0.2, 0) is 6.42 Å². The molecule has 2 aromatic carbocycles. The Morgan fingerprint density at radius 1 is 1.14 bits per heavy atom. The second kappa shape index (κ2) is 11.2. The molecule has 1 aliphatic heterocycles. The van der Waals surface area contributed by atoms with Crippen LogP contribution in [0.25, 0.3) is 10.8 Å². The molecule has 0 bridgehead atoms. The fraction of sp³-hybridized carbons (Fsp3) is 0.474. The molecule has 0 saturated heterocycles. The van der Waals surface area contributed by atoms with Gasteiger partial charge >= 0.3 is 0 Å². The van der Waals surface area contributed by atoms with Crippen LogP contribution in [0.1, 0.15) is 46.6 Å². The Morgan fingerprint density at radius 3 is 2.18 bits per heavy atom. The van der Waals surface area contributed by atoms with E-state index in [1.165, 1.54) is 23.8 Å². The van der Waals surface area contributed by atoms with Crippen LogP contribution in [0.2, 0.25) is 0 Å². The van der Waals surface area contributed by atoms with Crippen molar-refractivity contribution in [3.05, 3.63) is 35.9 Å². The van der Waals surface area contributed by atoms with Crippen molar-refractivity contribution < 1.29 is 5.11 Å². The number of phenols is 1. The Balaban J connectivity index is 0.000000553. The molecular formula is C19H30ClNO. The molecule has 124 valence electrons. The number of hydrogen-bond acceptors (Lipinski definition) is 2. The first kappa shape index (κ1) is 20.6. The zero-order valence-electron chi connectivity index (χ0n) is 14.7. The van der Waals surface area contributed by atoms with E-state index in [1.54, 1.807) is 0 Å². The van der Waals surface area contributed by atoms with Gasteiger partial charge in [-0.2, -0.15) is 0 Å². The van der Waals surface area contributed by atoms with Gasteiger partial charge in [0, 0.05) is 29.6 Å². The topological polar surface area (TPSA) is 32.3 Å². The molecule has 0 amide bonds. The van der Waals surface area contributed by atoms with Crippen LogP contribution >= 0.6 is 11.6 Å². The summed E-state index contributed by atoms with van der Waals surface area (Å²) in [6, 6.07) is 10.3. The van der Waals surface area contributed by atoms with Crippen molar-refractivity contribution in [2.45, 2.75) is 53.5 Å². The van der Waals surface area contributed by atoms with E-state index >= 15 is 0 Å². The number of nitrogens with one attached hydrogen (secondary N) is 1. The number of benzene rings is 2. The van der Waals surface area contributed by atoms with Crippen molar-refractivity contribution in [1.82, 2.24) is 0 Å². The molecule has 1 heterocycles. The zero-order chi connectivity index (χ0) is 17.1. The van der Waals surface area contributed by atoms with E-state index in [1.807, 2.05) is 38.1 Å². The Bertz CT molecular complexity index is 554. The van der Waals surface area contributed by atoms with E-state index in [4.69, 9.17) is 0 Å². The molecule has 0 aliphatic carbocycles. The summed E-state index contributed by atoms with van der Waals surface area (Å²) in [4.78, 5) is 0. The summed E-state index contributed by atoms with van der Waals surface area (Å²) in [5, 5.41) is 15.4. The molecule has 1 atom stereocenters. The molecule has 1 aliphatic rings. The summed E-state index contributed by atoms with van der Waals surface area (Å²) in [6.45, 7) is 10.4. The maximum Gasteiger partial charge on any atom is 0.125 e. The largest absolute Gasteiger partial charge is 0.507 e. The van der Waals surface area contributed by atoms with E-state index in [0.717, 1.165) is 17.5 Å². The smallest absolute Gasteiger partial charge is 0.125 e. The SMILES string of the molecule is CC.CC1Cc2c(cc(O)c3ccccc23)N1.CCC.CCl. The first-order chi connectivity index (χ1) is 10.7. The molecule has 2 nitrogen and oxygen atoms in total. The predicted octanol–water partition coefficient (Wildman–Crippen LogP) is 6.20. The van der Waals surface area contributed by atoms with Crippen molar-refractivity contribution >= 4 is 28.1 Å². The fourth-order valence-electron chi connectivity index (χ4n) is 2.39. The third-order valence-corrected chi connectivity index (χ3v) is 3.05. The standard InChI is InChI=1S/C13H13NO.C3H8.C2H6.CH3Cl/c1-8-6-11-9-4-2-3-5-10(9)13(15)7-12(11)14-8;1-3-2;2*1-2/h2-5,7-8,14-15H,6H2,1H3;3H2,1-2H3;1-2H3;1H3. The van der Waals surface area contributed by atoms with E-state index in [0.29, 0.717) is 11.8 Å². The molecule has 22 heavy (non-hydrogen) atoms. The van der Waals surface area contributed by atoms with E-state index in [2.05, 4.69) is 43.8 Å². The van der Waals surface area contributed by atoms with Gasteiger partial charge in [0.25, 0.3) is 0 Å². The Labute approximate surface area is 140 Å². The van der Waals surface area contributed by atoms with E-state index in [9.17, 15) is 5.11 Å². The predicted molar refractivity (Wildman–Crippen MR) is 101 cm³/mol. The number of aromatic hydroxyl groups is 1. The first-order valence-electron chi connectivity index (χ1n) is 8.05. The molecule has 0 spiro atoms. The maximum absolute atomic E-state index is 9.88. The summed E-state index contributed by atoms with van der Waals surface area (Å²) in [5.74, 6) is 0.367. The highest BCUT2D eigenvalue weighted by Crippen LogP contribution is 2.37. The number of alkyl halides is 1. The monoisotopic (exact) mass is 323 g/mol. The Morgan fingerprint density at radius 2 is 1.64 bits per heavy atom. The van der Waals surface area contributed by atoms with Crippen molar-refractivity contribution in [1.29, 1.82) is 0 Å². The molecule has 3 rings (SSSR count). The molecule has 2 N–H and O–H groups in total. The molecule has 0 aromatic heterocycles. The van der Waals surface area contributed by atoms with E-state index in [-0.39, 0.29) is 0 Å². The van der Waals surface area contributed by atoms with Crippen molar-refractivity contribution in [3.63, 3.8) is 0 Å². The highest BCUT2D eigenvalue weighted by atomic mass is 35.5. The summed E-state index contributed by atoms with van der Waals surface area (Å²) in [6.07, 6.45) is 3.76. The normalized spacial score (nSPS) is 14.2. The van der Waals surface area contributed by atoms with Crippen molar-refractivity contribution in [3.8, 4) is 5.75 Å². The van der Waals surface area contributed by atoms with Crippen molar-refractivity contribution in [2.75, 3.05) is 11.7 Å². The number of rotatable bonds is 0. The highest BCUT2D eigenvalue weighted by Gasteiger charge is 2.20. The van der Waals surface area contributed by atoms with Crippen LogP contribution in [0.15, 0.2) is 30.3 Å². The zero-order valence-corrected chi connectivity index (χ0v) is 15.5. The van der Waals surface area contributed by atoms with Gasteiger partial charge in [0.15, 0.2) is 0 Å². The second-order valence-corrected chi connectivity index (χ2v) is 4.92. The van der Waals surface area contributed by atoms with Gasteiger partial charge in [-0.15, -0.1) is 11.6 Å². The van der Waals surface area contributed by atoms with Gasteiger partial charge in [-0.3, -0.25) is 0 Å². The lowest BCUT2D eigenvalue weighted by molar-refractivity contribution is 0.482. The van der Waals surface area contributed by atoms with Crippen LogP contribution in [0, 0.1) is 0 Å². The number of phenolic OH excluding ortho intramolecular Hbond substituents is 1. The molecule has 3 heteroatoms. The minimum atomic E-state index is 0.367. The van der Waals surface area contributed by atoms with Gasteiger partial charge in [-0.25, -0.2) is 0 Å². The summed E-state index contributed by atoms with van der Waals surface area (Å²) >= 11 is 4.64. The summed E-state index contributed by atoms with van der Waals surface area (Å²) < 4.78 is 0. The molecule has 0 radical (unpaired) electrons. The van der Waals surface area contributed by atoms with Crippen molar-refractivity contribution in [2.24, 2.45) is 0 Å².